The molecule has 0 bridgehead atoms. The largest absolute Gasteiger partial charge is 0.468 e. The number of carbonyl (C=O) groups excluding carboxylic acids is 1. The Labute approximate surface area is 88.8 Å². The highest BCUT2D eigenvalue weighted by atomic mass is 35.5. The van der Waals surface area contributed by atoms with Crippen molar-refractivity contribution < 1.29 is 9.53 Å². The van der Waals surface area contributed by atoms with E-state index in [1.807, 2.05) is 24.3 Å². The number of hydrogen-bond acceptors (Lipinski definition) is 2. The van der Waals surface area contributed by atoms with Crippen LogP contribution in [0.3, 0.4) is 0 Å². The molecule has 0 amide bonds. The molecule has 0 atom stereocenters. The third-order valence-corrected chi connectivity index (χ3v) is 2.35. The molecular formula is C11H13ClO2. The molecule has 0 aliphatic rings. The summed E-state index contributed by atoms with van der Waals surface area (Å²) < 4.78 is 4.59. The van der Waals surface area contributed by atoms with E-state index in [0.29, 0.717) is 13.1 Å². The third-order valence-electron chi connectivity index (χ3n) is 1.98. The van der Waals surface area contributed by atoms with Gasteiger partial charge in [0.15, 0.2) is 0 Å². The van der Waals surface area contributed by atoms with Crippen LogP contribution in [-0.4, -0.2) is 13.1 Å². The second-order valence-electron chi connectivity index (χ2n) is 3.02. The standard InChI is InChI=1S/C11H13ClO2/c12-11-7-2-1-5-10(11)6-3-4-8-14-9-13/h1-2,5,7,9H,3-4,6,8H2. The monoisotopic (exact) mass is 212 g/mol. The highest BCUT2D eigenvalue weighted by Gasteiger charge is 1.98. The first-order valence-electron chi connectivity index (χ1n) is 4.63. The van der Waals surface area contributed by atoms with Gasteiger partial charge in [-0.05, 0) is 30.9 Å². The van der Waals surface area contributed by atoms with Gasteiger partial charge in [0.05, 0.1) is 6.61 Å². The summed E-state index contributed by atoms with van der Waals surface area (Å²) in [4.78, 5) is 9.85. The lowest BCUT2D eigenvalue weighted by molar-refractivity contribution is -0.128. The van der Waals surface area contributed by atoms with E-state index < -0.39 is 0 Å². The number of halogens is 1. The highest BCUT2D eigenvalue weighted by Crippen LogP contribution is 2.16. The number of unbranched alkanes of at least 4 members (excludes halogenated alkanes) is 1. The number of benzene rings is 1. The SMILES string of the molecule is O=COCCCCc1ccccc1Cl. The minimum atomic E-state index is 0.482. The van der Waals surface area contributed by atoms with Gasteiger partial charge in [-0.15, -0.1) is 0 Å². The van der Waals surface area contributed by atoms with Crippen LogP contribution in [0.15, 0.2) is 24.3 Å². The highest BCUT2D eigenvalue weighted by molar-refractivity contribution is 6.31. The molecule has 0 radical (unpaired) electrons. The molecule has 0 saturated carbocycles. The summed E-state index contributed by atoms with van der Waals surface area (Å²) in [5.74, 6) is 0. The maximum atomic E-state index is 9.85. The van der Waals surface area contributed by atoms with Crippen LogP contribution in [0.1, 0.15) is 18.4 Å². The Morgan fingerprint density at radius 1 is 1.29 bits per heavy atom. The molecule has 0 spiro atoms. The molecule has 1 aromatic carbocycles. The van der Waals surface area contributed by atoms with Gasteiger partial charge in [0.2, 0.25) is 0 Å². The number of aryl methyl sites for hydroxylation is 1. The third kappa shape index (κ3) is 3.79. The maximum absolute atomic E-state index is 9.85. The van der Waals surface area contributed by atoms with Crippen LogP contribution in [-0.2, 0) is 16.0 Å². The molecule has 0 aliphatic heterocycles. The van der Waals surface area contributed by atoms with Gasteiger partial charge in [-0.1, -0.05) is 29.8 Å². The predicted octanol–water partition coefficient (Wildman–Crippen LogP) is 2.84. The Morgan fingerprint density at radius 2 is 2.07 bits per heavy atom. The summed E-state index contributed by atoms with van der Waals surface area (Å²) in [7, 11) is 0. The Morgan fingerprint density at radius 3 is 2.79 bits per heavy atom. The molecule has 0 heterocycles. The molecule has 76 valence electrons. The summed E-state index contributed by atoms with van der Waals surface area (Å²) in [5.41, 5.74) is 1.15. The first-order valence-corrected chi connectivity index (χ1v) is 5.01. The molecule has 14 heavy (non-hydrogen) atoms. The minimum Gasteiger partial charge on any atom is -0.468 e. The number of carbonyl (C=O) groups is 1. The second-order valence-corrected chi connectivity index (χ2v) is 3.42. The average molecular weight is 213 g/mol. The fourth-order valence-corrected chi connectivity index (χ4v) is 1.48. The Kier molecular flexibility index (Phi) is 5.08. The van der Waals surface area contributed by atoms with Crippen molar-refractivity contribution in [3.05, 3.63) is 34.9 Å². The van der Waals surface area contributed by atoms with Crippen molar-refractivity contribution in [2.75, 3.05) is 6.61 Å². The summed E-state index contributed by atoms with van der Waals surface area (Å²) >= 11 is 5.98. The topological polar surface area (TPSA) is 26.3 Å². The first kappa shape index (κ1) is 11.1. The zero-order valence-electron chi connectivity index (χ0n) is 7.91. The Balaban J connectivity index is 2.24. The molecule has 0 saturated heterocycles. The van der Waals surface area contributed by atoms with Crippen LogP contribution in [0, 0.1) is 0 Å². The summed E-state index contributed by atoms with van der Waals surface area (Å²) in [6, 6.07) is 7.80. The second kappa shape index (κ2) is 6.44. The maximum Gasteiger partial charge on any atom is 0.293 e. The van der Waals surface area contributed by atoms with Crippen molar-refractivity contribution in [2.45, 2.75) is 19.3 Å². The van der Waals surface area contributed by atoms with Crippen LogP contribution in [0.2, 0.25) is 5.02 Å². The fraction of sp³-hybridized carbons (Fsp3) is 0.364. The number of ether oxygens (including phenoxy) is 1. The van der Waals surface area contributed by atoms with E-state index in [2.05, 4.69) is 4.74 Å². The minimum absolute atomic E-state index is 0.482. The Hall–Kier alpha value is -1.02. The van der Waals surface area contributed by atoms with Crippen LogP contribution < -0.4 is 0 Å². The molecule has 0 aromatic heterocycles. The van der Waals surface area contributed by atoms with E-state index in [1.165, 1.54) is 0 Å². The number of rotatable bonds is 6. The molecule has 0 aliphatic carbocycles. The molecule has 2 nitrogen and oxygen atoms in total. The van der Waals surface area contributed by atoms with E-state index >= 15 is 0 Å². The van der Waals surface area contributed by atoms with E-state index in [1.54, 1.807) is 0 Å². The van der Waals surface area contributed by atoms with Gasteiger partial charge in [-0.2, -0.15) is 0 Å². The molecule has 0 unspecified atom stereocenters. The van der Waals surface area contributed by atoms with E-state index in [9.17, 15) is 4.79 Å². The Bertz CT molecular complexity index is 286. The van der Waals surface area contributed by atoms with E-state index in [0.717, 1.165) is 29.8 Å². The lowest BCUT2D eigenvalue weighted by atomic mass is 10.1. The molecule has 1 rings (SSSR count). The summed E-state index contributed by atoms with van der Waals surface area (Å²) in [5, 5.41) is 0.809. The van der Waals surface area contributed by atoms with Crippen LogP contribution in [0.25, 0.3) is 0 Å². The van der Waals surface area contributed by atoms with Crippen molar-refractivity contribution in [3.8, 4) is 0 Å². The van der Waals surface area contributed by atoms with Gasteiger partial charge in [-0.3, -0.25) is 4.79 Å². The van der Waals surface area contributed by atoms with E-state index in [4.69, 9.17) is 11.6 Å². The first-order chi connectivity index (χ1) is 6.84. The molecule has 0 fully saturated rings. The molecular weight excluding hydrogens is 200 g/mol. The quantitative estimate of drug-likeness (QED) is 0.536. The van der Waals surface area contributed by atoms with Gasteiger partial charge in [0.25, 0.3) is 6.47 Å². The zero-order chi connectivity index (χ0) is 10.2. The summed E-state index contributed by atoms with van der Waals surface area (Å²) in [6.45, 7) is 0.976. The van der Waals surface area contributed by atoms with Crippen LogP contribution in [0.4, 0.5) is 0 Å². The lowest BCUT2D eigenvalue weighted by Gasteiger charge is -2.03. The van der Waals surface area contributed by atoms with Gasteiger partial charge < -0.3 is 4.74 Å². The molecule has 0 N–H and O–H groups in total. The molecule has 1 aromatic rings. The lowest BCUT2D eigenvalue weighted by Crippen LogP contribution is -1.93. The van der Waals surface area contributed by atoms with Crippen molar-refractivity contribution in [1.29, 1.82) is 0 Å². The van der Waals surface area contributed by atoms with Gasteiger partial charge in [0.1, 0.15) is 0 Å². The van der Waals surface area contributed by atoms with Crippen molar-refractivity contribution in [3.63, 3.8) is 0 Å². The predicted molar refractivity (Wildman–Crippen MR) is 56.4 cm³/mol. The summed E-state index contributed by atoms with van der Waals surface area (Å²) in [6.07, 6.45) is 2.80. The van der Waals surface area contributed by atoms with Crippen molar-refractivity contribution in [2.24, 2.45) is 0 Å². The number of hydrogen-bond donors (Lipinski definition) is 0. The van der Waals surface area contributed by atoms with Gasteiger partial charge >= 0.3 is 0 Å². The smallest absolute Gasteiger partial charge is 0.293 e. The average Bonchev–Trinajstić information content (AvgIpc) is 2.20. The molecule has 3 heteroatoms. The normalized spacial score (nSPS) is 9.79. The zero-order valence-corrected chi connectivity index (χ0v) is 8.67. The van der Waals surface area contributed by atoms with Crippen molar-refractivity contribution in [1.82, 2.24) is 0 Å². The van der Waals surface area contributed by atoms with Crippen molar-refractivity contribution >= 4 is 18.1 Å². The van der Waals surface area contributed by atoms with Crippen LogP contribution in [0.5, 0.6) is 0 Å². The van der Waals surface area contributed by atoms with Crippen LogP contribution >= 0.6 is 11.6 Å². The van der Waals surface area contributed by atoms with Gasteiger partial charge in [-0.25, -0.2) is 0 Å². The fourth-order valence-electron chi connectivity index (χ4n) is 1.25. The van der Waals surface area contributed by atoms with Gasteiger partial charge in [0, 0.05) is 5.02 Å². The van der Waals surface area contributed by atoms with E-state index in [-0.39, 0.29) is 0 Å².